The number of aliphatic hydroxyl groups excluding tert-OH is 1. The number of phenolic OH excluding ortho intramolecular Hbond substituents is 1. The van der Waals surface area contributed by atoms with E-state index in [0.717, 1.165) is 3.57 Å². The molecule has 1 aromatic carbocycles. The number of carbonyl (C=O) groups excluding carboxylic acids is 1. The van der Waals surface area contributed by atoms with Gasteiger partial charge in [-0.2, -0.15) is 0 Å². The fraction of sp³-hybridized carbons (Fsp3) is 0.357. The average Bonchev–Trinajstić information content (AvgIpc) is 2.44. The van der Waals surface area contributed by atoms with E-state index in [1.165, 1.54) is 11.6 Å². The Morgan fingerprint density at radius 1 is 1.50 bits per heavy atom. The molecule has 1 aromatic rings. The SMILES string of the molecule is C[C@@H](CC/C=C/C(=O)NO)[C@@H](O)c1cc(I)ccc1O. The third-order valence-corrected chi connectivity index (χ3v) is 3.69. The predicted molar refractivity (Wildman–Crippen MR) is 83.3 cm³/mol. The molecule has 0 radical (unpaired) electrons. The molecule has 0 unspecified atom stereocenters. The zero-order valence-corrected chi connectivity index (χ0v) is 13.2. The lowest BCUT2D eigenvalue weighted by Gasteiger charge is -2.19. The van der Waals surface area contributed by atoms with Crippen LogP contribution in [0.2, 0.25) is 0 Å². The minimum absolute atomic E-state index is 0.0686. The molecule has 2 atom stereocenters. The molecule has 0 aliphatic heterocycles. The molecule has 0 aliphatic rings. The van der Waals surface area contributed by atoms with E-state index in [1.807, 2.05) is 6.92 Å². The van der Waals surface area contributed by atoms with E-state index >= 15 is 0 Å². The highest BCUT2D eigenvalue weighted by Gasteiger charge is 2.19. The number of rotatable bonds is 6. The zero-order chi connectivity index (χ0) is 15.1. The number of hydrogen-bond donors (Lipinski definition) is 4. The lowest BCUT2D eigenvalue weighted by atomic mass is 9.93. The van der Waals surface area contributed by atoms with Gasteiger partial charge in [0, 0.05) is 15.2 Å². The summed E-state index contributed by atoms with van der Waals surface area (Å²) in [4.78, 5) is 10.8. The van der Waals surface area contributed by atoms with Crippen LogP contribution in [0.4, 0.5) is 0 Å². The van der Waals surface area contributed by atoms with Crippen molar-refractivity contribution in [3.63, 3.8) is 0 Å². The Morgan fingerprint density at radius 3 is 2.85 bits per heavy atom. The van der Waals surface area contributed by atoms with Gasteiger partial charge in [-0.1, -0.05) is 13.0 Å². The van der Waals surface area contributed by atoms with Crippen LogP contribution in [-0.2, 0) is 4.79 Å². The molecule has 0 saturated heterocycles. The second-order valence-electron chi connectivity index (χ2n) is 4.58. The standard InChI is InChI=1S/C14H18INO4/c1-9(4-2-3-5-13(18)16-20)14(19)11-8-10(15)6-7-12(11)17/h3,5-9,14,17,19-20H,2,4H2,1H3,(H,16,18)/b5-3+/t9-,14+/m0/s1. The summed E-state index contributed by atoms with van der Waals surface area (Å²) in [6.07, 6.45) is 3.35. The van der Waals surface area contributed by atoms with Crippen LogP contribution in [0, 0.1) is 9.49 Å². The Bertz CT molecular complexity index is 490. The van der Waals surface area contributed by atoms with E-state index in [0.29, 0.717) is 18.4 Å². The maximum atomic E-state index is 10.8. The van der Waals surface area contributed by atoms with Crippen molar-refractivity contribution in [2.75, 3.05) is 0 Å². The van der Waals surface area contributed by atoms with Crippen LogP contribution in [0.3, 0.4) is 0 Å². The van der Waals surface area contributed by atoms with E-state index in [2.05, 4.69) is 22.6 Å². The third-order valence-electron chi connectivity index (χ3n) is 3.02. The Kier molecular flexibility index (Phi) is 6.97. The summed E-state index contributed by atoms with van der Waals surface area (Å²) >= 11 is 2.12. The smallest absolute Gasteiger partial charge is 0.267 e. The number of phenols is 1. The number of aliphatic hydroxyl groups is 1. The molecule has 0 aromatic heterocycles. The van der Waals surface area contributed by atoms with Crippen molar-refractivity contribution in [3.8, 4) is 5.75 Å². The molecule has 1 amide bonds. The summed E-state index contributed by atoms with van der Waals surface area (Å²) < 4.78 is 0.946. The van der Waals surface area contributed by atoms with E-state index in [-0.39, 0.29) is 11.7 Å². The highest BCUT2D eigenvalue weighted by Crippen LogP contribution is 2.32. The number of amides is 1. The summed E-state index contributed by atoms with van der Waals surface area (Å²) in [5.41, 5.74) is 2.02. The molecular weight excluding hydrogens is 373 g/mol. The number of aromatic hydroxyl groups is 1. The quantitative estimate of drug-likeness (QED) is 0.260. The van der Waals surface area contributed by atoms with Gasteiger partial charge in [0.25, 0.3) is 5.91 Å². The van der Waals surface area contributed by atoms with Crippen LogP contribution in [0.5, 0.6) is 5.75 Å². The molecule has 4 N–H and O–H groups in total. The average molecular weight is 391 g/mol. The number of allylic oxidation sites excluding steroid dienone is 1. The predicted octanol–water partition coefficient (Wildman–Crippen LogP) is 2.51. The fourth-order valence-electron chi connectivity index (χ4n) is 1.81. The van der Waals surface area contributed by atoms with Gasteiger partial charge in [-0.15, -0.1) is 0 Å². The molecular formula is C14H18INO4. The number of hydroxylamine groups is 1. The van der Waals surface area contributed by atoms with Crippen molar-refractivity contribution < 1.29 is 20.2 Å². The van der Waals surface area contributed by atoms with E-state index in [9.17, 15) is 15.0 Å². The Labute approximate surface area is 131 Å². The summed E-state index contributed by atoms with van der Waals surface area (Å²) in [6, 6.07) is 5.09. The summed E-state index contributed by atoms with van der Waals surface area (Å²) in [7, 11) is 0. The molecule has 5 nitrogen and oxygen atoms in total. The van der Waals surface area contributed by atoms with Gasteiger partial charge < -0.3 is 10.2 Å². The zero-order valence-electron chi connectivity index (χ0n) is 11.1. The van der Waals surface area contributed by atoms with Gasteiger partial charge in [0.05, 0.1) is 6.10 Å². The van der Waals surface area contributed by atoms with Crippen LogP contribution < -0.4 is 5.48 Å². The van der Waals surface area contributed by atoms with Gasteiger partial charge in [-0.25, -0.2) is 5.48 Å². The summed E-state index contributed by atoms with van der Waals surface area (Å²) in [5, 5.41) is 28.3. The van der Waals surface area contributed by atoms with Crippen LogP contribution in [0.15, 0.2) is 30.4 Å². The highest BCUT2D eigenvalue weighted by molar-refractivity contribution is 14.1. The number of nitrogens with one attached hydrogen (secondary N) is 1. The normalized spacial score (nSPS) is 14.2. The van der Waals surface area contributed by atoms with Crippen molar-refractivity contribution in [1.29, 1.82) is 0 Å². The molecule has 1 rings (SSSR count). The fourth-order valence-corrected chi connectivity index (χ4v) is 2.33. The van der Waals surface area contributed by atoms with Crippen molar-refractivity contribution in [3.05, 3.63) is 39.5 Å². The number of benzene rings is 1. The Hall–Kier alpha value is -1.12. The molecule has 0 spiro atoms. The van der Waals surface area contributed by atoms with Gasteiger partial charge >= 0.3 is 0 Å². The number of halogens is 1. The molecule has 6 heteroatoms. The lowest BCUT2D eigenvalue weighted by molar-refractivity contribution is -0.124. The first-order valence-electron chi connectivity index (χ1n) is 6.22. The highest BCUT2D eigenvalue weighted by atomic mass is 127. The maximum Gasteiger partial charge on any atom is 0.267 e. The van der Waals surface area contributed by atoms with Crippen molar-refractivity contribution in [2.45, 2.75) is 25.9 Å². The summed E-state index contributed by atoms with van der Waals surface area (Å²) in [6.45, 7) is 1.88. The molecule has 20 heavy (non-hydrogen) atoms. The first-order chi connectivity index (χ1) is 9.45. The van der Waals surface area contributed by atoms with Gasteiger partial charge in [-0.3, -0.25) is 10.0 Å². The van der Waals surface area contributed by atoms with Crippen molar-refractivity contribution >= 4 is 28.5 Å². The molecule has 0 bridgehead atoms. The van der Waals surface area contributed by atoms with Gasteiger partial charge in [0.15, 0.2) is 0 Å². The van der Waals surface area contributed by atoms with Crippen LogP contribution in [-0.4, -0.2) is 21.3 Å². The van der Waals surface area contributed by atoms with Crippen LogP contribution in [0.25, 0.3) is 0 Å². The Balaban J connectivity index is 2.58. The molecule has 0 saturated carbocycles. The Morgan fingerprint density at radius 2 is 2.20 bits per heavy atom. The first-order valence-corrected chi connectivity index (χ1v) is 7.30. The van der Waals surface area contributed by atoms with Gasteiger partial charge in [0.1, 0.15) is 5.75 Å². The molecule has 0 fully saturated rings. The monoisotopic (exact) mass is 391 g/mol. The maximum absolute atomic E-state index is 10.8. The number of hydrogen-bond acceptors (Lipinski definition) is 4. The van der Waals surface area contributed by atoms with Gasteiger partial charge in [-0.05, 0) is 59.5 Å². The second kappa shape index (κ2) is 8.23. The van der Waals surface area contributed by atoms with Crippen molar-refractivity contribution in [2.24, 2.45) is 5.92 Å². The summed E-state index contributed by atoms with van der Waals surface area (Å²) in [5.74, 6) is -0.561. The minimum atomic E-state index is -0.759. The van der Waals surface area contributed by atoms with E-state index in [1.54, 1.807) is 24.3 Å². The largest absolute Gasteiger partial charge is 0.508 e. The first kappa shape index (κ1) is 16.9. The third kappa shape index (κ3) is 5.10. The molecule has 110 valence electrons. The van der Waals surface area contributed by atoms with Crippen LogP contribution >= 0.6 is 22.6 Å². The van der Waals surface area contributed by atoms with E-state index < -0.39 is 12.0 Å². The van der Waals surface area contributed by atoms with Crippen molar-refractivity contribution in [1.82, 2.24) is 5.48 Å². The van der Waals surface area contributed by atoms with Crippen LogP contribution in [0.1, 0.15) is 31.4 Å². The lowest BCUT2D eigenvalue weighted by Crippen LogP contribution is -2.15. The molecule has 0 heterocycles. The topological polar surface area (TPSA) is 89.8 Å². The molecule has 0 aliphatic carbocycles. The second-order valence-corrected chi connectivity index (χ2v) is 5.83. The van der Waals surface area contributed by atoms with E-state index in [4.69, 9.17) is 5.21 Å². The number of carbonyl (C=O) groups is 1. The van der Waals surface area contributed by atoms with Gasteiger partial charge in [0.2, 0.25) is 0 Å². The minimum Gasteiger partial charge on any atom is -0.508 e.